The first-order chi connectivity index (χ1) is 13.4. The fraction of sp³-hybridized carbons (Fsp3) is 0.400. The molecule has 0 bridgehead atoms. The number of sulfonamides is 1. The number of benzene rings is 1. The molecule has 1 aliphatic rings. The average molecular weight is 403 g/mol. The maximum atomic E-state index is 12.7. The van der Waals surface area contributed by atoms with Crippen LogP contribution in [-0.4, -0.2) is 72.7 Å². The molecule has 2 aromatic rings. The summed E-state index contributed by atoms with van der Waals surface area (Å²) >= 11 is 0. The van der Waals surface area contributed by atoms with Gasteiger partial charge in [0.25, 0.3) is 0 Å². The Bertz CT molecular complexity index is 890. The van der Waals surface area contributed by atoms with Crippen LogP contribution in [0, 0.1) is 0 Å². The fourth-order valence-electron chi connectivity index (χ4n) is 3.43. The molecule has 1 aliphatic heterocycles. The van der Waals surface area contributed by atoms with Crippen molar-refractivity contribution in [1.29, 1.82) is 0 Å². The SMILES string of the molecule is CC1CN(Cc2ccccc2)CCN1C(=O)CN(C)S(=O)(=O)c1cccnc1. The van der Waals surface area contributed by atoms with Crippen LogP contribution in [0.15, 0.2) is 59.8 Å². The first-order valence-electron chi connectivity index (χ1n) is 9.30. The molecule has 1 aromatic heterocycles. The van der Waals surface area contributed by atoms with Crippen molar-refractivity contribution in [2.24, 2.45) is 0 Å². The second-order valence-corrected chi connectivity index (χ2v) is 9.15. The largest absolute Gasteiger partial charge is 0.336 e. The molecule has 1 unspecified atom stereocenters. The molecule has 1 atom stereocenters. The number of likely N-dealkylation sites (N-methyl/N-ethyl adjacent to an activating group) is 1. The van der Waals surface area contributed by atoms with Gasteiger partial charge in [0.15, 0.2) is 0 Å². The minimum absolute atomic E-state index is 0.0273. The second kappa shape index (κ2) is 8.81. The maximum Gasteiger partial charge on any atom is 0.244 e. The van der Waals surface area contributed by atoms with E-state index in [9.17, 15) is 13.2 Å². The molecule has 8 heteroatoms. The highest BCUT2D eigenvalue weighted by atomic mass is 32.2. The third kappa shape index (κ3) is 4.76. The summed E-state index contributed by atoms with van der Waals surface area (Å²) in [6.07, 6.45) is 2.81. The molecule has 2 heterocycles. The van der Waals surface area contributed by atoms with Gasteiger partial charge in [0.1, 0.15) is 4.90 Å². The number of hydrogen-bond donors (Lipinski definition) is 0. The van der Waals surface area contributed by atoms with Crippen LogP contribution in [0.2, 0.25) is 0 Å². The van der Waals surface area contributed by atoms with E-state index in [1.807, 2.05) is 25.1 Å². The molecular weight excluding hydrogens is 376 g/mol. The predicted octanol–water partition coefficient (Wildman–Crippen LogP) is 1.43. The monoisotopic (exact) mass is 402 g/mol. The molecule has 1 amide bonds. The van der Waals surface area contributed by atoms with E-state index in [0.29, 0.717) is 6.54 Å². The lowest BCUT2D eigenvalue weighted by Crippen LogP contribution is -2.55. The van der Waals surface area contributed by atoms with Crippen molar-refractivity contribution in [3.63, 3.8) is 0 Å². The van der Waals surface area contributed by atoms with E-state index in [0.717, 1.165) is 23.9 Å². The molecule has 0 aliphatic carbocycles. The van der Waals surface area contributed by atoms with Gasteiger partial charge in [-0.15, -0.1) is 0 Å². The highest BCUT2D eigenvalue weighted by molar-refractivity contribution is 7.89. The summed E-state index contributed by atoms with van der Waals surface area (Å²) < 4.78 is 26.3. The summed E-state index contributed by atoms with van der Waals surface area (Å²) in [4.78, 5) is 20.8. The molecule has 28 heavy (non-hydrogen) atoms. The molecule has 0 N–H and O–H groups in total. The van der Waals surface area contributed by atoms with E-state index in [1.54, 1.807) is 11.0 Å². The molecule has 3 rings (SSSR count). The van der Waals surface area contributed by atoms with Crippen LogP contribution in [0.25, 0.3) is 0 Å². The molecule has 0 radical (unpaired) electrons. The number of piperazine rings is 1. The Morgan fingerprint density at radius 3 is 2.57 bits per heavy atom. The lowest BCUT2D eigenvalue weighted by atomic mass is 10.1. The zero-order valence-electron chi connectivity index (χ0n) is 16.2. The Labute approximate surface area is 166 Å². The summed E-state index contributed by atoms with van der Waals surface area (Å²) in [6.45, 7) is 4.80. The third-order valence-corrected chi connectivity index (χ3v) is 6.77. The standard InChI is InChI=1S/C20H26N4O3S/c1-17-14-23(15-18-7-4-3-5-8-18)11-12-24(17)20(25)16-22(2)28(26,27)19-9-6-10-21-13-19/h3-10,13,17H,11-12,14-16H2,1-2H3. The first-order valence-corrected chi connectivity index (χ1v) is 10.7. The van der Waals surface area contributed by atoms with Gasteiger partial charge in [-0.2, -0.15) is 4.31 Å². The van der Waals surface area contributed by atoms with Crippen molar-refractivity contribution in [2.75, 3.05) is 33.2 Å². The summed E-state index contributed by atoms with van der Waals surface area (Å²) in [7, 11) is -2.30. The average Bonchev–Trinajstić information content (AvgIpc) is 2.69. The zero-order chi connectivity index (χ0) is 20.1. The number of carbonyl (C=O) groups is 1. The number of hydrogen-bond acceptors (Lipinski definition) is 5. The van der Waals surface area contributed by atoms with Crippen molar-refractivity contribution in [2.45, 2.75) is 24.4 Å². The molecule has 1 fully saturated rings. The van der Waals surface area contributed by atoms with E-state index in [-0.39, 0.29) is 23.4 Å². The Morgan fingerprint density at radius 1 is 1.18 bits per heavy atom. The Balaban J connectivity index is 1.58. The molecular formula is C20H26N4O3S. The van der Waals surface area contributed by atoms with E-state index in [4.69, 9.17) is 0 Å². The molecule has 1 aromatic carbocycles. The van der Waals surface area contributed by atoms with Crippen LogP contribution in [0.3, 0.4) is 0 Å². The minimum atomic E-state index is -3.73. The third-order valence-electron chi connectivity index (χ3n) is 4.98. The van der Waals surface area contributed by atoms with Crippen LogP contribution in [0.5, 0.6) is 0 Å². The maximum absolute atomic E-state index is 12.7. The smallest absolute Gasteiger partial charge is 0.244 e. The van der Waals surface area contributed by atoms with Crippen LogP contribution < -0.4 is 0 Å². The second-order valence-electron chi connectivity index (χ2n) is 7.11. The normalized spacial score (nSPS) is 18.4. The van der Waals surface area contributed by atoms with Gasteiger partial charge in [-0.3, -0.25) is 14.7 Å². The fourth-order valence-corrected chi connectivity index (χ4v) is 4.52. The Kier molecular flexibility index (Phi) is 6.43. The summed E-state index contributed by atoms with van der Waals surface area (Å²) in [6, 6.07) is 13.3. The number of carbonyl (C=O) groups excluding carboxylic acids is 1. The van der Waals surface area contributed by atoms with Crippen molar-refractivity contribution >= 4 is 15.9 Å². The number of rotatable bonds is 6. The molecule has 0 saturated carbocycles. The van der Waals surface area contributed by atoms with Gasteiger partial charge in [0.2, 0.25) is 15.9 Å². The van der Waals surface area contributed by atoms with E-state index in [1.165, 1.54) is 31.1 Å². The van der Waals surface area contributed by atoms with Crippen LogP contribution in [0.4, 0.5) is 0 Å². The van der Waals surface area contributed by atoms with E-state index < -0.39 is 10.0 Å². The lowest BCUT2D eigenvalue weighted by molar-refractivity contribution is -0.135. The van der Waals surface area contributed by atoms with E-state index >= 15 is 0 Å². The topological polar surface area (TPSA) is 73.8 Å². The number of aromatic nitrogens is 1. The molecule has 7 nitrogen and oxygen atoms in total. The molecule has 0 spiro atoms. The number of nitrogens with zero attached hydrogens (tertiary/aromatic N) is 4. The van der Waals surface area contributed by atoms with Crippen molar-refractivity contribution in [3.05, 3.63) is 60.4 Å². The summed E-state index contributed by atoms with van der Waals surface area (Å²) in [5.41, 5.74) is 1.25. The Hall–Kier alpha value is -2.29. The minimum Gasteiger partial charge on any atom is -0.336 e. The van der Waals surface area contributed by atoms with Gasteiger partial charge in [0, 0.05) is 51.7 Å². The first kappa shape index (κ1) is 20.4. The van der Waals surface area contributed by atoms with Gasteiger partial charge in [-0.25, -0.2) is 8.42 Å². The Morgan fingerprint density at radius 2 is 1.93 bits per heavy atom. The summed E-state index contributed by atoms with van der Waals surface area (Å²) in [5.74, 6) is -0.179. The van der Waals surface area contributed by atoms with Crippen molar-refractivity contribution < 1.29 is 13.2 Å². The molecule has 150 valence electrons. The van der Waals surface area contributed by atoms with Crippen LogP contribution in [-0.2, 0) is 21.4 Å². The zero-order valence-corrected chi connectivity index (χ0v) is 17.0. The highest BCUT2D eigenvalue weighted by Crippen LogP contribution is 2.16. The van der Waals surface area contributed by atoms with Crippen LogP contribution >= 0.6 is 0 Å². The van der Waals surface area contributed by atoms with Crippen molar-refractivity contribution in [1.82, 2.24) is 19.1 Å². The molecule has 1 saturated heterocycles. The van der Waals surface area contributed by atoms with Crippen LogP contribution in [0.1, 0.15) is 12.5 Å². The number of amides is 1. The van der Waals surface area contributed by atoms with Gasteiger partial charge >= 0.3 is 0 Å². The van der Waals surface area contributed by atoms with Gasteiger partial charge in [0.05, 0.1) is 6.54 Å². The highest BCUT2D eigenvalue weighted by Gasteiger charge is 2.30. The van der Waals surface area contributed by atoms with Gasteiger partial charge < -0.3 is 4.90 Å². The predicted molar refractivity (Wildman–Crippen MR) is 107 cm³/mol. The van der Waals surface area contributed by atoms with E-state index in [2.05, 4.69) is 22.0 Å². The van der Waals surface area contributed by atoms with Gasteiger partial charge in [-0.1, -0.05) is 30.3 Å². The van der Waals surface area contributed by atoms with Crippen molar-refractivity contribution in [3.8, 4) is 0 Å². The lowest BCUT2D eigenvalue weighted by Gasteiger charge is -2.40. The quantitative estimate of drug-likeness (QED) is 0.731. The van der Waals surface area contributed by atoms with Gasteiger partial charge in [-0.05, 0) is 24.6 Å². The summed E-state index contributed by atoms with van der Waals surface area (Å²) in [5, 5.41) is 0. The number of pyridine rings is 1.